The summed E-state index contributed by atoms with van der Waals surface area (Å²) in [5.41, 5.74) is 5.44. The number of rotatable bonds is 7. The molecule has 0 aliphatic carbocycles. The van der Waals surface area contributed by atoms with Crippen molar-refractivity contribution in [2.75, 3.05) is 39.9 Å². The average molecular weight is 376 g/mol. The van der Waals surface area contributed by atoms with Crippen LogP contribution >= 0.6 is 23.7 Å². The number of amides is 1. The average Bonchev–Trinajstić information content (AvgIpc) is 3.06. The summed E-state index contributed by atoms with van der Waals surface area (Å²) < 4.78 is 5.47. The molecule has 1 aliphatic rings. The lowest BCUT2D eigenvalue weighted by Crippen LogP contribution is -2.54. The molecule has 1 amide bonds. The molecule has 2 unspecified atom stereocenters. The molecule has 0 aromatic carbocycles. The van der Waals surface area contributed by atoms with Gasteiger partial charge in [-0.25, -0.2) is 0 Å². The van der Waals surface area contributed by atoms with E-state index in [4.69, 9.17) is 10.5 Å². The van der Waals surface area contributed by atoms with E-state index in [1.165, 1.54) is 4.88 Å². The Morgan fingerprint density at radius 2 is 2.17 bits per heavy atom. The van der Waals surface area contributed by atoms with E-state index in [2.05, 4.69) is 29.3 Å². The summed E-state index contributed by atoms with van der Waals surface area (Å²) in [4.78, 5) is 18.2. The number of thiophene rings is 1. The van der Waals surface area contributed by atoms with Crippen LogP contribution in [-0.4, -0.2) is 61.1 Å². The lowest BCUT2D eigenvalue weighted by molar-refractivity contribution is -0.136. The number of carbonyl (C=O) groups excluding carboxylic acids is 1. The molecule has 0 spiro atoms. The van der Waals surface area contributed by atoms with E-state index in [0.717, 1.165) is 32.7 Å². The number of morpholine rings is 1. The summed E-state index contributed by atoms with van der Waals surface area (Å²) in [6, 6.07) is 4.43. The van der Waals surface area contributed by atoms with Gasteiger partial charge in [-0.1, -0.05) is 19.4 Å². The monoisotopic (exact) mass is 375 g/mol. The molecular formula is C17H30ClN3O2S. The van der Waals surface area contributed by atoms with Gasteiger partial charge in [0.05, 0.1) is 24.8 Å². The van der Waals surface area contributed by atoms with Gasteiger partial charge in [-0.2, -0.15) is 0 Å². The fraction of sp³-hybridized carbons (Fsp3) is 0.706. The van der Waals surface area contributed by atoms with Gasteiger partial charge in [-0.3, -0.25) is 9.69 Å². The summed E-state index contributed by atoms with van der Waals surface area (Å²) in [7, 11) is 1.87. The molecule has 2 N–H and O–H groups in total. The van der Waals surface area contributed by atoms with Crippen LogP contribution in [0.2, 0.25) is 0 Å². The van der Waals surface area contributed by atoms with Crippen LogP contribution in [0.25, 0.3) is 0 Å². The number of likely N-dealkylation sites (N-methyl/N-ethyl adjacent to an activating group) is 1. The highest BCUT2D eigenvalue weighted by molar-refractivity contribution is 7.10. The van der Waals surface area contributed by atoms with Gasteiger partial charge in [0, 0.05) is 31.6 Å². The van der Waals surface area contributed by atoms with Crippen LogP contribution in [0.1, 0.15) is 37.6 Å². The van der Waals surface area contributed by atoms with E-state index >= 15 is 0 Å². The second-order valence-corrected chi connectivity index (χ2v) is 7.51. The van der Waals surface area contributed by atoms with Crippen LogP contribution < -0.4 is 5.73 Å². The number of ether oxygens (including phenoxy) is 1. The minimum absolute atomic E-state index is 0. The molecule has 0 bridgehead atoms. The normalized spacial score (nSPS) is 19.2. The molecule has 2 heterocycles. The largest absolute Gasteiger partial charge is 0.379 e. The highest BCUT2D eigenvalue weighted by Crippen LogP contribution is 2.27. The van der Waals surface area contributed by atoms with Gasteiger partial charge >= 0.3 is 0 Å². The summed E-state index contributed by atoms with van der Waals surface area (Å²) in [6.07, 6.45) is 1.61. The van der Waals surface area contributed by atoms with Crippen molar-refractivity contribution in [1.82, 2.24) is 9.80 Å². The Kier molecular flexibility index (Phi) is 8.67. The fourth-order valence-electron chi connectivity index (χ4n) is 3.16. The molecule has 5 nitrogen and oxygen atoms in total. The van der Waals surface area contributed by atoms with Crippen molar-refractivity contribution in [3.05, 3.63) is 22.4 Å². The number of nitrogens with zero attached hydrogens (tertiary/aromatic N) is 2. The molecule has 1 saturated heterocycles. The molecule has 1 aromatic heterocycles. The molecule has 1 aliphatic heterocycles. The maximum Gasteiger partial charge on any atom is 0.242 e. The molecule has 2 rings (SSSR count). The van der Waals surface area contributed by atoms with E-state index in [0.29, 0.717) is 13.0 Å². The van der Waals surface area contributed by atoms with Crippen LogP contribution in [0.3, 0.4) is 0 Å². The Hall–Kier alpha value is -0.660. The van der Waals surface area contributed by atoms with E-state index in [9.17, 15) is 4.79 Å². The highest BCUT2D eigenvalue weighted by Gasteiger charge is 2.33. The van der Waals surface area contributed by atoms with E-state index < -0.39 is 5.54 Å². The third kappa shape index (κ3) is 5.43. The third-order valence-corrected chi connectivity index (χ3v) is 5.38. The minimum Gasteiger partial charge on any atom is -0.379 e. The molecule has 0 radical (unpaired) electrons. The molecular weight excluding hydrogens is 346 g/mol. The van der Waals surface area contributed by atoms with Crippen molar-refractivity contribution >= 4 is 29.7 Å². The molecule has 1 fully saturated rings. The fourth-order valence-corrected chi connectivity index (χ4v) is 4.01. The third-order valence-electron chi connectivity index (χ3n) is 4.41. The van der Waals surface area contributed by atoms with Gasteiger partial charge in [0.25, 0.3) is 0 Å². The molecule has 24 heavy (non-hydrogen) atoms. The van der Waals surface area contributed by atoms with Crippen LogP contribution in [0.5, 0.6) is 0 Å². The number of halogens is 1. The lowest BCUT2D eigenvalue weighted by Gasteiger charge is -2.37. The zero-order valence-electron chi connectivity index (χ0n) is 14.9. The first-order chi connectivity index (χ1) is 11.0. The van der Waals surface area contributed by atoms with Crippen LogP contribution in [-0.2, 0) is 9.53 Å². The van der Waals surface area contributed by atoms with Gasteiger partial charge in [-0.15, -0.1) is 23.7 Å². The van der Waals surface area contributed by atoms with E-state index in [-0.39, 0.29) is 24.4 Å². The number of hydrogen-bond acceptors (Lipinski definition) is 5. The van der Waals surface area contributed by atoms with Crippen molar-refractivity contribution in [2.24, 2.45) is 5.73 Å². The van der Waals surface area contributed by atoms with Crippen LogP contribution in [0.4, 0.5) is 0 Å². The number of nitrogens with two attached hydrogens (primary N) is 1. The Bertz CT molecular complexity index is 490. The van der Waals surface area contributed by atoms with Gasteiger partial charge in [0.1, 0.15) is 0 Å². The Balaban J connectivity index is 0.00000288. The van der Waals surface area contributed by atoms with Crippen molar-refractivity contribution in [3.63, 3.8) is 0 Å². The highest BCUT2D eigenvalue weighted by atomic mass is 35.5. The summed E-state index contributed by atoms with van der Waals surface area (Å²) >= 11 is 1.74. The lowest BCUT2D eigenvalue weighted by atomic mass is 9.95. The van der Waals surface area contributed by atoms with Crippen LogP contribution in [0.15, 0.2) is 17.5 Å². The maximum absolute atomic E-state index is 12.7. The van der Waals surface area contributed by atoms with Crippen LogP contribution in [0, 0.1) is 0 Å². The summed E-state index contributed by atoms with van der Waals surface area (Å²) in [5.74, 6) is 0.0224. The molecule has 2 atom stereocenters. The number of carbonyl (C=O) groups is 1. The molecule has 138 valence electrons. The van der Waals surface area contributed by atoms with Crippen molar-refractivity contribution in [1.29, 1.82) is 0 Å². The predicted molar refractivity (Wildman–Crippen MR) is 102 cm³/mol. The van der Waals surface area contributed by atoms with E-state index in [1.54, 1.807) is 16.2 Å². The minimum atomic E-state index is -0.783. The summed E-state index contributed by atoms with van der Waals surface area (Å²) in [5, 5.41) is 2.09. The second-order valence-electron chi connectivity index (χ2n) is 6.53. The molecule has 1 aromatic rings. The van der Waals surface area contributed by atoms with Gasteiger partial charge in [0.2, 0.25) is 5.91 Å². The van der Waals surface area contributed by atoms with Gasteiger partial charge < -0.3 is 15.4 Å². The molecule has 7 heteroatoms. The first kappa shape index (κ1) is 21.4. The quantitative estimate of drug-likeness (QED) is 0.795. The Morgan fingerprint density at radius 3 is 2.71 bits per heavy atom. The van der Waals surface area contributed by atoms with Crippen molar-refractivity contribution in [2.45, 2.75) is 38.3 Å². The maximum atomic E-state index is 12.7. The van der Waals surface area contributed by atoms with E-state index in [1.807, 2.05) is 14.0 Å². The smallest absolute Gasteiger partial charge is 0.242 e. The van der Waals surface area contributed by atoms with Gasteiger partial charge in [0.15, 0.2) is 0 Å². The topological polar surface area (TPSA) is 58.8 Å². The zero-order chi connectivity index (χ0) is 16.9. The van der Waals surface area contributed by atoms with Crippen molar-refractivity contribution in [3.8, 4) is 0 Å². The SMILES string of the molecule is CCCC(C)(N)C(=O)N(C)CC(c1cccs1)N1CCOCC1.Cl. The summed E-state index contributed by atoms with van der Waals surface area (Å²) in [6.45, 7) is 7.87. The van der Waals surface area contributed by atoms with Gasteiger partial charge in [-0.05, 0) is 24.8 Å². The Morgan fingerprint density at radius 1 is 1.50 bits per heavy atom. The first-order valence-electron chi connectivity index (χ1n) is 8.35. The predicted octanol–water partition coefficient (Wildman–Crippen LogP) is 2.52. The van der Waals surface area contributed by atoms with Crippen molar-refractivity contribution < 1.29 is 9.53 Å². The number of hydrogen-bond donors (Lipinski definition) is 1. The first-order valence-corrected chi connectivity index (χ1v) is 9.23. The Labute approximate surface area is 155 Å². The standard InChI is InChI=1S/C17H29N3O2S.ClH/c1-4-7-17(2,18)16(21)19(3)13-14(15-6-5-12-23-15)20-8-10-22-11-9-20;/h5-6,12,14H,4,7-11,13,18H2,1-3H3;1H. The molecule has 0 saturated carbocycles. The zero-order valence-corrected chi connectivity index (χ0v) is 16.5. The second kappa shape index (κ2) is 9.73.